The lowest BCUT2D eigenvalue weighted by Gasteiger charge is -2.22. The molecule has 0 amide bonds. The summed E-state index contributed by atoms with van der Waals surface area (Å²) in [5.41, 5.74) is 0. The summed E-state index contributed by atoms with van der Waals surface area (Å²) in [5.74, 6) is 1.11. The summed E-state index contributed by atoms with van der Waals surface area (Å²) in [5, 5.41) is 3.20. The summed E-state index contributed by atoms with van der Waals surface area (Å²) in [6.45, 7) is 9.08. The average molecular weight is 302 g/mol. The van der Waals surface area contributed by atoms with Crippen LogP contribution in [0.25, 0.3) is 0 Å². The van der Waals surface area contributed by atoms with Crippen LogP contribution in [0.1, 0.15) is 45.1 Å². The topological polar surface area (TPSA) is 62.6 Å². The highest BCUT2D eigenvalue weighted by Gasteiger charge is 2.28. The zero-order chi connectivity index (χ0) is 15.3. The van der Waals surface area contributed by atoms with Gasteiger partial charge in [0.25, 0.3) is 0 Å². The molecule has 1 aromatic rings. The lowest BCUT2D eigenvalue weighted by Crippen LogP contribution is -2.34. The van der Waals surface area contributed by atoms with Crippen LogP contribution in [0, 0.1) is 6.92 Å². The molecule has 0 spiro atoms. The second-order valence-electron chi connectivity index (χ2n) is 5.09. The SMILES string of the molecule is CCCNCc1cc(S(=O)(=O)N(C)C(C)CC)c(C)o1. The van der Waals surface area contributed by atoms with E-state index in [1.54, 1.807) is 20.0 Å². The molecule has 1 aromatic heterocycles. The second kappa shape index (κ2) is 7.24. The van der Waals surface area contributed by atoms with E-state index in [0.717, 1.165) is 19.4 Å². The first kappa shape index (κ1) is 17.2. The van der Waals surface area contributed by atoms with E-state index in [2.05, 4.69) is 12.2 Å². The number of sulfonamides is 1. The molecule has 0 saturated carbocycles. The first-order chi connectivity index (χ1) is 9.34. The molecule has 1 rings (SSSR count). The lowest BCUT2D eigenvalue weighted by atomic mass is 10.3. The fraction of sp³-hybridized carbons (Fsp3) is 0.714. The van der Waals surface area contributed by atoms with Crippen LogP contribution in [0.2, 0.25) is 0 Å². The van der Waals surface area contributed by atoms with Crippen molar-refractivity contribution in [1.82, 2.24) is 9.62 Å². The molecule has 1 N–H and O–H groups in total. The van der Waals surface area contributed by atoms with Gasteiger partial charge in [0, 0.05) is 19.2 Å². The zero-order valence-electron chi connectivity index (χ0n) is 13.1. The minimum atomic E-state index is -3.48. The highest BCUT2D eigenvalue weighted by Crippen LogP contribution is 2.24. The highest BCUT2D eigenvalue weighted by atomic mass is 32.2. The van der Waals surface area contributed by atoms with Crippen LogP contribution in [0.5, 0.6) is 0 Å². The van der Waals surface area contributed by atoms with Gasteiger partial charge in [-0.1, -0.05) is 13.8 Å². The Kier molecular flexibility index (Phi) is 6.23. The van der Waals surface area contributed by atoms with E-state index in [0.29, 0.717) is 18.1 Å². The van der Waals surface area contributed by atoms with Crippen molar-refractivity contribution < 1.29 is 12.8 Å². The van der Waals surface area contributed by atoms with Gasteiger partial charge >= 0.3 is 0 Å². The van der Waals surface area contributed by atoms with E-state index in [1.165, 1.54) is 4.31 Å². The van der Waals surface area contributed by atoms with E-state index in [4.69, 9.17) is 4.42 Å². The van der Waals surface area contributed by atoms with Gasteiger partial charge in [0.15, 0.2) is 0 Å². The molecular formula is C14H26N2O3S. The summed E-state index contributed by atoms with van der Waals surface area (Å²) < 4.78 is 32.0. The van der Waals surface area contributed by atoms with Gasteiger partial charge in [0.1, 0.15) is 16.4 Å². The molecule has 5 nitrogen and oxygen atoms in total. The zero-order valence-corrected chi connectivity index (χ0v) is 13.9. The van der Waals surface area contributed by atoms with Crippen molar-refractivity contribution in [2.75, 3.05) is 13.6 Å². The Morgan fingerprint density at radius 2 is 2.05 bits per heavy atom. The second-order valence-corrected chi connectivity index (χ2v) is 7.05. The van der Waals surface area contributed by atoms with Crippen LogP contribution >= 0.6 is 0 Å². The van der Waals surface area contributed by atoms with Crippen LogP contribution in [0.3, 0.4) is 0 Å². The average Bonchev–Trinajstić information content (AvgIpc) is 2.79. The van der Waals surface area contributed by atoms with E-state index >= 15 is 0 Å². The Morgan fingerprint density at radius 3 is 2.60 bits per heavy atom. The summed E-state index contributed by atoms with van der Waals surface area (Å²) in [6.07, 6.45) is 1.80. The van der Waals surface area contributed by atoms with Crippen LogP contribution in [0.15, 0.2) is 15.4 Å². The normalized spacial score (nSPS) is 13.9. The van der Waals surface area contributed by atoms with Gasteiger partial charge in [-0.2, -0.15) is 4.31 Å². The number of hydrogen-bond donors (Lipinski definition) is 1. The molecule has 0 aliphatic rings. The standard InChI is InChI=1S/C14H26N2O3S/c1-6-8-15-10-13-9-14(12(4)19-13)20(17,18)16(5)11(3)7-2/h9,11,15H,6-8,10H2,1-5H3. The van der Waals surface area contributed by atoms with Crippen molar-refractivity contribution in [3.05, 3.63) is 17.6 Å². The van der Waals surface area contributed by atoms with E-state index in [9.17, 15) is 8.42 Å². The molecule has 0 bridgehead atoms. The highest BCUT2D eigenvalue weighted by molar-refractivity contribution is 7.89. The number of nitrogens with zero attached hydrogens (tertiary/aromatic N) is 1. The van der Waals surface area contributed by atoms with Gasteiger partial charge in [-0.15, -0.1) is 0 Å². The van der Waals surface area contributed by atoms with Gasteiger partial charge in [0.05, 0.1) is 6.54 Å². The molecule has 0 aromatic carbocycles. The minimum Gasteiger partial charge on any atom is -0.464 e. The number of furan rings is 1. The monoisotopic (exact) mass is 302 g/mol. The van der Waals surface area contributed by atoms with Crippen molar-refractivity contribution >= 4 is 10.0 Å². The predicted octanol–water partition coefficient (Wildman–Crippen LogP) is 2.51. The Hall–Kier alpha value is -0.850. The fourth-order valence-corrected chi connectivity index (χ4v) is 3.52. The molecule has 0 aliphatic heterocycles. The molecule has 20 heavy (non-hydrogen) atoms. The van der Waals surface area contributed by atoms with Crippen LogP contribution in [0.4, 0.5) is 0 Å². The molecule has 116 valence electrons. The number of hydrogen-bond acceptors (Lipinski definition) is 4. The number of nitrogens with one attached hydrogen (secondary N) is 1. The van der Waals surface area contributed by atoms with Gasteiger partial charge in [-0.3, -0.25) is 0 Å². The lowest BCUT2D eigenvalue weighted by molar-refractivity contribution is 0.379. The predicted molar refractivity (Wildman–Crippen MR) is 80.1 cm³/mol. The first-order valence-electron chi connectivity index (χ1n) is 7.12. The summed E-state index contributed by atoms with van der Waals surface area (Å²) in [6, 6.07) is 1.60. The Balaban J connectivity index is 2.95. The minimum absolute atomic E-state index is 0.0315. The number of rotatable bonds is 8. The van der Waals surface area contributed by atoms with Crippen molar-refractivity contribution in [1.29, 1.82) is 0 Å². The van der Waals surface area contributed by atoms with Gasteiger partial charge in [-0.05, 0) is 33.2 Å². The first-order valence-corrected chi connectivity index (χ1v) is 8.56. The Bertz CT molecular complexity index is 523. The molecule has 6 heteroatoms. The van der Waals surface area contributed by atoms with Crippen molar-refractivity contribution in [3.63, 3.8) is 0 Å². The summed E-state index contributed by atoms with van der Waals surface area (Å²) >= 11 is 0. The van der Waals surface area contributed by atoms with Crippen molar-refractivity contribution in [2.24, 2.45) is 0 Å². The molecule has 1 unspecified atom stereocenters. The van der Waals surface area contributed by atoms with Gasteiger partial charge in [-0.25, -0.2) is 8.42 Å². The molecule has 0 radical (unpaired) electrons. The van der Waals surface area contributed by atoms with Gasteiger partial charge < -0.3 is 9.73 Å². The van der Waals surface area contributed by atoms with E-state index in [-0.39, 0.29) is 10.9 Å². The Labute approximate surface area is 122 Å². The van der Waals surface area contributed by atoms with E-state index in [1.807, 2.05) is 13.8 Å². The number of aryl methyl sites for hydroxylation is 1. The third-order valence-corrected chi connectivity index (χ3v) is 5.60. The third-order valence-electron chi connectivity index (χ3n) is 3.52. The molecule has 1 heterocycles. The maximum Gasteiger partial charge on any atom is 0.246 e. The maximum absolute atomic E-state index is 12.5. The molecule has 0 aliphatic carbocycles. The van der Waals surface area contributed by atoms with Crippen molar-refractivity contribution in [2.45, 2.75) is 58.0 Å². The third kappa shape index (κ3) is 3.84. The van der Waals surface area contributed by atoms with Crippen LogP contribution < -0.4 is 5.32 Å². The molecule has 1 atom stereocenters. The van der Waals surface area contributed by atoms with Crippen LogP contribution in [-0.4, -0.2) is 32.4 Å². The maximum atomic E-state index is 12.5. The van der Waals surface area contributed by atoms with Crippen molar-refractivity contribution in [3.8, 4) is 0 Å². The van der Waals surface area contributed by atoms with Gasteiger partial charge in [0.2, 0.25) is 10.0 Å². The smallest absolute Gasteiger partial charge is 0.246 e. The summed E-state index contributed by atoms with van der Waals surface area (Å²) in [7, 11) is -1.86. The Morgan fingerprint density at radius 1 is 1.40 bits per heavy atom. The molecule has 0 fully saturated rings. The fourth-order valence-electron chi connectivity index (χ4n) is 1.90. The largest absolute Gasteiger partial charge is 0.464 e. The van der Waals surface area contributed by atoms with E-state index < -0.39 is 10.0 Å². The van der Waals surface area contributed by atoms with Crippen LogP contribution in [-0.2, 0) is 16.6 Å². The molecule has 0 saturated heterocycles. The summed E-state index contributed by atoms with van der Waals surface area (Å²) in [4.78, 5) is 0.272. The quantitative estimate of drug-likeness (QED) is 0.750. The molecular weight excluding hydrogens is 276 g/mol.